The second-order valence-corrected chi connectivity index (χ2v) is 7.00. The molecule has 0 bridgehead atoms. The third-order valence-electron chi connectivity index (χ3n) is 4.69. The summed E-state index contributed by atoms with van der Waals surface area (Å²) in [4.78, 5) is 24.4. The molecule has 25 heavy (non-hydrogen) atoms. The number of primary amides is 1. The first-order valence-electron chi connectivity index (χ1n) is 8.23. The lowest BCUT2D eigenvalue weighted by Crippen LogP contribution is -2.50. The number of ketones is 1. The Hall–Kier alpha value is -1.70. The number of nitrogens with two attached hydrogens (primary N) is 1. The molecule has 0 radical (unpaired) electrons. The summed E-state index contributed by atoms with van der Waals surface area (Å²) >= 11 is 0. The van der Waals surface area contributed by atoms with E-state index in [1.807, 2.05) is 0 Å². The molecule has 2 rings (SSSR count). The lowest BCUT2D eigenvalue weighted by Gasteiger charge is -2.37. The predicted molar refractivity (Wildman–Crippen MR) is 84.2 cm³/mol. The molecular formula is C17H22F4N2O2. The number of alkyl halides is 2. The highest BCUT2D eigenvalue weighted by atomic mass is 19.2. The van der Waals surface area contributed by atoms with Gasteiger partial charge in [0, 0.05) is 13.0 Å². The minimum Gasteiger partial charge on any atom is -0.369 e. The van der Waals surface area contributed by atoms with E-state index in [-0.39, 0.29) is 24.5 Å². The number of Topliss-reactive ketones (excluding diaryl/α,β-unsaturated/α-hetero) is 1. The topological polar surface area (TPSA) is 72.2 Å². The summed E-state index contributed by atoms with van der Waals surface area (Å²) in [6.07, 6.45) is 0.273. The zero-order valence-electron chi connectivity index (χ0n) is 14.2. The quantitative estimate of drug-likeness (QED) is 0.713. The fourth-order valence-corrected chi connectivity index (χ4v) is 3.57. The fourth-order valence-electron chi connectivity index (χ4n) is 3.57. The van der Waals surface area contributed by atoms with Crippen LogP contribution in [0.15, 0.2) is 22.8 Å². The number of carbonyl (C=O) groups excluding carboxylic acids is 2. The van der Waals surface area contributed by atoms with Crippen LogP contribution in [0.1, 0.15) is 26.7 Å². The van der Waals surface area contributed by atoms with E-state index in [0.717, 1.165) is 0 Å². The van der Waals surface area contributed by atoms with E-state index in [9.17, 15) is 27.2 Å². The van der Waals surface area contributed by atoms with Crippen LogP contribution in [0.3, 0.4) is 0 Å². The molecule has 1 heterocycles. The van der Waals surface area contributed by atoms with Crippen LogP contribution in [0.2, 0.25) is 0 Å². The first kappa shape index (κ1) is 19.6. The molecule has 2 aliphatic rings. The second-order valence-electron chi connectivity index (χ2n) is 7.00. The van der Waals surface area contributed by atoms with Crippen LogP contribution >= 0.6 is 0 Å². The molecule has 3 unspecified atom stereocenters. The molecule has 1 aliphatic heterocycles. The molecule has 140 valence electrons. The molecular weight excluding hydrogens is 340 g/mol. The zero-order valence-corrected chi connectivity index (χ0v) is 14.2. The molecule has 0 spiro atoms. The van der Waals surface area contributed by atoms with E-state index in [1.165, 1.54) is 0 Å². The van der Waals surface area contributed by atoms with Crippen LogP contribution in [-0.4, -0.2) is 37.1 Å². The maximum absolute atomic E-state index is 14.9. The van der Waals surface area contributed by atoms with Gasteiger partial charge in [-0.3, -0.25) is 9.59 Å². The number of hydrogen-bond donors (Lipinski definition) is 2. The van der Waals surface area contributed by atoms with Gasteiger partial charge in [0.1, 0.15) is 12.6 Å². The molecule has 8 heteroatoms. The third-order valence-corrected chi connectivity index (χ3v) is 4.69. The number of amides is 1. The predicted octanol–water partition coefficient (Wildman–Crippen LogP) is 2.45. The largest absolute Gasteiger partial charge is 0.369 e. The van der Waals surface area contributed by atoms with Crippen LogP contribution in [0.4, 0.5) is 17.6 Å². The highest BCUT2D eigenvalue weighted by molar-refractivity contribution is 6.02. The van der Waals surface area contributed by atoms with Gasteiger partial charge in [0.15, 0.2) is 17.4 Å². The lowest BCUT2D eigenvalue weighted by molar-refractivity contribution is -0.125. The van der Waals surface area contributed by atoms with Crippen molar-refractivity contribution in [1.29, 1.82) is 0 Å². The number of nitrogens with one attached hydrogen (secondary N) is 1. The van der Waals surface area contributed by atoms with Gasteiger partial charge < -0.3 is 11.1 Å². The zero-order chi connectivity index (χ0) is 18.9. The van der Waals surface area contributed by atoms with Crippen molar-refractivity contribution >= 4 is 11.7 Å². The van der Waals surface area contributed by atoms with Crippen LogP contribution in [0.25, 0.3) is 0 Å². The van der Waals surface area contributed by atoms with Gasteiger partial charge in [-0.1, -0.05) is 13.8 Å². The summed E-state index contributed by atoms with van der Waals surface area (Å²) < 4.78 is 57.2. The Bertz CT molecular complexity index is 639. The van der Waals surface area contributed by atoms with Gasteiger partial charge in [-0.15, -0.1) is 0 Å². The van der Waals surface area contributed by atoms with Crippen molar-refractivity contribution < 1.29 is 27.2 Å². The highest BCUT2D eigenvalue weighted by Gasteiger charge is 2.57. The molecule has 4 nitrogen and oxygen atoms in total. The molecule has 3 N–H and O–H groups in total. The summed E-state index contributed by atoms with van der Waals surface area (Å²) in [5, 5.41) is 2.95. The Morgan fingerprint density at radius 2 is 2.00 bits per heavy atom. The molecule has 1 saturated heterocycles. The van der Waals surface area contributed by atoms with Crippen molar-refractivity contribution in [3.63, 3.8) is 0 Å². The number of allylic oxidation sites excluding steroid dienone is 3. The normalized spacial score (nSPS) is 30.4. The van der Waals surface area contributed by atoms with E-state index < -0.39 is 53.1 Å². The number of halogens is 4. The molecule has 0 aromatic heterocycles. The van der Waals surface area contributed by atoms with Gasteiger partial charge in [-0.25, -0.2) is 17.6 Å². The van der Waals surface area contributed by atoms with Crippen molar-refractivity contribution in [2.24, 2.45) is 23.5 Å². The van der Waals surface area contributed by atoms with E-state index in [4.69, 9.17) is 5.73 Å². The summed E-state index contributed by atoms with van der Waals surface area (Å²) in [6.45, 7) is 2.21. The average Bonchev–Trinajstić information content (AvgIpc) is 3.05. The summed E-state index contributed by atoms with van der Waals surface area (Å²) in [5.41, 5.74) is 0.838. The Morgan fingerprint density at radius 1 is 1.36 bits per heavy atom. The summed E-state index contributed by atoms with van der Waals surface area (Å²) in [7, 11) is 0. The molecule has 0 aromatic rings. The van der Waals surface area contributed by atoms with Gasteiger partial charge in [0.2, 0.25) is 11.6 Å². The maximum Gasteiger partial charge on any atom is 0.228 e. The average molecular weight is 362 g/mol. The minimum atomic E-state index is -3.52. The van der Waals surface area contributed by atoms with Crippen molar-refractivity contribution in [3.8, 4) is 0 Å². The number of rotatable bonds is 6. The van der Waals surface area contributed by atoms with Gasteiger partial charge in [-0.2, -0.15) is 0 Å². The van der Waals surface area contributed by atoms with E-state index >= 15 is 0 Å². The Kier molecular flexibility index (Phi) is 5.71. The fraction of sp³-hybridized carbons (Fsp3) is 0.647. The summed E-state index contributed by atoms with van der Waals surface area (Å²) in [6, 6.07) is 0. The first-order valence-corrected chi connectivity index (χ1v) is 8.23. The SMILES string of the molecule is CC(C)CC(=O)C1=C(C2CCNC2)C(C(N)=O)C(F)(CF)C(F)=C1F. The van der Waals surface area contributed by atoms with Gasteiger partial charge in [-0.05, 0) is 30.4 Å². The van der Waals surface area contributed by atoms with E-state index in [1.54, 1.807) is 13.8 Å². The summed E-state index contributed by atoms with van der Waals surface area (Å²) in [5.74, 6) is -8.65. The molecule has 1 aliphatic carbocycles. The van der Waals surface area contributed by atoms with Gasteiger partial charge in [0.25, 0.3) is 0 Å². The van der Waals surface area contributed by atoms with E-state index in [0.29, 0.717) is 13.0 Å². The Labute approximate surface area is 143 Å². The second kappa shape index (κ2) is 7.27. The Balaban J connectivity index is 2.72. The van der Waals surface area contributed by atoms with Crippen molar-refractivity contribution in [2.75, 3.05) is 19.8 Å². The molecule has 1 fully saturated rings. The number of hydrogen-bond acceptors (Lipinski definition) is 3. The molecule has 0 aromatic carbocycles. The van der Waals surface area contributed by atoms with E-state index in [2.05, 4.69) is 5.32 Å². The van der Waals surface area contributed by atoms with Crippen LogP contribution in [-0.2, 0) is 9.59 Å². The minimum absolute atomic E-state index is 0.111. The van der Waals surface area contributed by atoms with Crippen molar-refractivity contribution in [1.82, 2.24) is 5.32 Å². The molecule has 1 amide bonds. The third kappa shape index (κ3) is 3.36. The Morgan fingerprint density at radius 3 is 2.44 bits per heavy atom. The standard InChI is InChI=1S/C17H22F4N2O2/c1-8(2)5-10(24)12-11(9-3-4-23-6-9)13(16(22)25)17(21,7-18)15(20)14(12)19/h8-9,13,23H,3-7H2,1-2H3,(H2,22,25). The maximum atomic E-state index is 14.9. The van der Waals surface area contributed by atoms with Gasteiger partial charge >= 0.3 is 0 Å². The van der Waals surface area contributed by atoms with Crippen LogP contribution < -0.4 is 11.1 Å². The number of carbonyl (C=O) groups is 2. The lowest BCUT2D eigenvalue weighted by atomic mass is 9.69. The van der Waals surface area contributed by atoms with Crippen LogP contribution in [0.5, 0.6) is 0 Å². The highest BCUT2D eigenvalue weighted by Crippen LogP contribution is 2.49. The van der Waals surface area contributed by atoms with Crippen LogP contribution in [0, 0.1) is 17.8 Å². The van der Waals surface area contributed by atoms with Crippen molar-refractivity contribution in [3.05, 3.63) is 22.8 Å². The van der Waals surface area contributed by atoms with Gasteiger partial charge in [0.05, 0.1) is 5.57 Å². The smallest absolute Gasteiger partial charge is 0.228 e. The molecule has 3 atom stereocenters. The monoisotopic (exact) mass is 362 g/mol. The first-order chi connectivity index (χ1) is 11.6. The molecule has 0 saturated carbocycles. The van der Waals surface area contributed by atoms with Crippen molar-refractivity contribution in [2.45, 2.75) is 32.4 Å².